The Balaban J connectivity index is 2.13. The number of thiophene rings is 1. The van der Waals surface area contributed by atoms with Crippen LogP contribution >= 0.6 is 11.3 Å². The first kappa shape index (κ1) is 15.2. The highest BCUT2D eigenvalue weighted by Crippen LogP contribution is 2.36. The van der Waals surface area contributed by atoms with Crippen LogP contribution in [0.1, 0.15) is 34.1 Å². The Morgan fingerprint density at radius 2 is 2.00 bits per heavy atom. The third-order valence-electron chi connectivity index (χ3n) is 3.86. The first-order valence-electron chi connectivity index (χ1n) is 7.19. The number of nitrogens with zero attached hydrogens (tertiary/aromatic N) is 1. The van der Waals surface area contributed by atoms with Crippen molar-refractivity contribution in [2.45, 2.75) is 30.9 Å². The van der Waals surface area contributed by atoms with Crippen LogP contribution in [0.5, 0.6) is 0 Å². The minimum absolute atomic E-state index is 0.00516. The van der Waals surface area contributed by atoms with E-state index in [0.29, 0.717) is 15.5 Å². The van der Waals surface area contributed by atoms with Crippen molar-refractivity contribution >= 4 is 32.8 Å². The van der Waals surface area contributed by atoms with Crippen LogP contribution in [-0.4, -0.2) is 20.7 Å². The number of hydrogen-bond donors (Lipinski definition) is 0. The normalized spacial score (nSPS) is 15.0. The summed E-state index contributed by atoms with van der Waals surface area (Å²) >= 11 is 1.30. The number of hydrogen-bond acceptors (Lipinski definition) is 4. The number of rotatable bonds is 3. The fourth-order valence-electron chi connectivity index (χ4n) is 2.70. The zero-order valence-electron chi connectivity index (χ0n) is 12.5. The van der Waals surface area contributed by atoms with E-state index < -0.39 is 10.0 Å². The van der Waals surface area contributed by atoms with Gasteiger partial charge in [0.15, 0.2) is 5.78 Å². The van der Waals surface area contributed by atoms with E-state index in [1.807, 2.05) is 26.0 Å². The van der Waals surface area contributed by atoms with E-state index in [1.54, 1.807) is 18.2 Å². The molecule has 1 aromatic carbocycles. The van der Waals surface area contributed by atoms with Crippen molar-refractivity contribution in [2.24, 2.45) is 0 Å². The molecule has 0 atom stereocenters. The quantitative estimate of drug-likeness (QED) is 0.864. The van der Waals surface area contributed by atoms with E-state index in [9.17, 15) is 13.2 Å². The second-order valence-corrected chi connectivity index (χ2v) is 8.55. The fourth-order valence-corrected chi connectivity index (χ4v) is 5.66. The predicted molar refractivity (Wildman–Crippen MR) is 88.4 cm³/mol. The van der Waals surface area contributed by atoms with Crippen LogP contribution in [0, 0.1) is 6.92 Å². The van der Waals surface area contributed by atoms with E-state index in [2.05, 4.69) is 0 Å². The average molecular weight is 335 g/mol. The Kier molecular flexibility index (Phi) is 3.82. The lowest BCUT2D eigenvalue weighted by Crippen LogP contribution is -2.37. The topological polar surface area (TPSA) is 54.5 Å². The number of fused-ring (bicyclic) bond motifs is 1. The third-order valence-corrected chi connectivity index (χ3v) is 7.36. The van der Waals surface area contributed by atoms with Crippen molar-refractivity contribution in [3.05, 3.63) is 46.3 Å². The molecule has 116 valence electrons. The highest BCUT2D eigenvalue weighted by Gasteiger charge is 2.34. The van der Waals surface area contributed by atoms with Crippen LogP contribution in [0.2, 0.25) is 0 Å². The molecule has 2 aromatic rings. The van der Waals surface area contributed by atoms with Crippen molar-refractivity contribution in [3.8, 4) is 0 Å². The summed E-state index contributed by atoms with van der Waals surface area (Å²) in [6.07, 6.45) is 1.04. The molecule has 0 saturated heterocycles. The molecule has 22 heavy (non-hydrogen) atoms. The van der Waals surface area contributed by atoms with Crippen LogP contribution in [0.4, 0.5) is 5.69 Å². The lowest BCUT2D eigenvalue weighted by Gasteiger charge is -2.30. The SMILES string of the molecule is CCc1ccc(S(=O)(=O)N2CCC(=O)c3cccc(C)c32)s1. The van der Waals surface area contributed by atoms with E-state index in [4.69, 9.17) is 0 Å². The third kappa shape index (κ3) is 2.36. The number of para-hydroxylation sites is 1. The molecule has 0 unspecified atom stereocenters. The Morgan fingerprint density at radius 3 is 2.68 bits per heavy atom. The molecule has 0 N–H and O–H groups in total. The molecule has 0 amide bonds. The summed E-state index contributed by atoms with van der Waals surface area (Å²) in [5.41, 5.74) is 1.84. The maximum atomic E-state index is 13.0. The van der Waals surface area contributed by atoms with Crippen molar-refractivity contribution in [3.63, 3.8) is 0 Å². The minimum atomic E-state index is -3.61. The van der Waals surface area contributed by atoms with Gasteiger partial charge in [0.1, 0.15) is 4.21 Å². The molecule has 2 heterocycles. The summed E-state index contributed by atoms with van der Waals surface area (Å²) in [7, 11) is -3.61. The molecule has 4 nitrogen and oxygen atoms in total. The molecule has 0 saturated carbocycles. The van der Waals surface area contributed by atoms with E-state index in [1.165, 1.54) is 15.6 Å². The smallest absolute Gasteiger partial charge is 0.273 e. The highest BCUT2D eigenvalue weighted by atomic mass is 32.2. The number of carbonyl (C=O) groups excluding carboxylic acids is 1. The molecular formula is C16H17NO3S2. The molecule has 1 aliphatic rings. The lowest BCUT2D eigenvalue weighted by molar-refractivity contribution is 0.0982. The van der Waals surface area contributed by atoms with Gasteiger partial charge in [-0.25, -0.2) is 8.42 Å². The van der Waals surface area contributed by atoms with Gasteiger partial charge in [0.2, 0.25) is 0 Å². The van der Waals surface area contributed by atoms with Gasteiger partial charge in [-0.05, 0) is 37.1 Å². The highest BCUT2D eigenvalue weighted by molar-refractivity contribution is 7.94. The molecular weight excluding hydrogens is 318 g/mol. The number of carbonyl (C=O) groups is 1. The van der Waals surface area contributed by atoms with Gasteiger partial charge in [0, 0.05) is 23.4 Å². The lowest BCUT2D eigenvalue weighted by atomic mass is 9.99. The molecule has 0 aliphatic carbocycles. The van der Waals surface area contributed by atoms with Crippen molar-refractivity contribution in [2.75, 3.05) is 10.8 Å². The number of Topliss-reactive ketones (excluding diaryl/α,β-unsaturated/α-hetero) is 1. The van der Waals surface area contributed by atoms with Crippen LogP contribution in [0.25, 0.3) is 0 Å². The number of benzene rings is 1. The standard InChI is InChI=1S/C16H17NO3S2/c1-3-12-7-8-15(21-12)22(19,20)17-10-9-14(18)13-6-4-5-11(2)16(13)17/h4-8H,3,9-10H2,1-2H3. The second-order valence-electron chi connectivity index (χ2n) is 5.30. The summed E-state index contributed by atoms with van der Waals surface area (Å²) < 4.78 is 27.7. The van der Waals surface area contributed by atoms with E-state index >= 15 is 0 Å². The monoisotopic (exact) mass is 335 g/mol. The second kappa shape index (κ2) is 5.52. The summed E-state index contributed by atoms with van der Waals surface area (Å²) in [5.74, 6) is 0.00516. The molecule has 1 aliphatic heterocycles. The largest absolute Gasteiger partial charge is 0.294 e. The van der Waals surface area contributed by atoms with Gasteiger partial charge >= 0.3 is 0 Å². The minimum Gasteiger partial charge on any atom is -0.294 e. The van der Waals surface area contributed by atoms with Gasteiger partial charge in [-0.3, -0.25) is 9.10 Å². The zero-order chi connectivity index (χ0) is 15.9. The van der Waals surface area contributed by atoms with E-state index in [-0.39, 0.29) is 18.7 Å². The first-order chi connectivity index (χ1) is 10.4. The van der Waals surface area contributed by atoms with Crippen LogP contribution < -0.4 is 4.31 Å². The predicted octanol–water partition coefficient (Wildman–Crippen LogP) is 3.40. The van der Waals surface area contributed by atoms with Gasteiger partial charge < -0.3 is 0 Å². The summed E-state index contributed by atoms with van der Waals surface area (Å²) in [4.78, 5) is 13.1. The van der Waals surface area contributed by atoms with Gasteiger partial charge in [-0.1, -0.05) is 19.1 Å². The molecule has 0 fully saturated rings. The zero-order valence-corrected chi connectivity index (χ0v) is 14.1. The van der Waals surface area contributed by atoms with Gasteiger partial charge in [-0.2, -0.15) is 0 Å². The van der Waals surface area contributed by atoms with Crippen LogP contribution in [0.3, 0.4) is 0 Å². The number of ketones is 1. The molecule has 1 aromatic heterocycles. The maximum Gasteiger partial charge on any atom is 0.273 e. The summed E-state index contributed by atoms with van der Waals surface area (Å²) in [6, 6.07) is 8.85. The number of anilines is 1. The molecule has 6 heteroatoms. The Bertz CT molecular complexity index is 837. The van der Waals surface area contributed by atoms with Crippen molar-refractivity contribution in [1.82, 2.24) is 0 Å². The van der Waals surface area contributed by atoms with Crippen LogP contribution in [0.15, 0.2) is 34.5 Å². The Morgan fingerprint density at radius 1 is 1.23 bits per heavy atom. The Hall–Kier alpha value is -1.66. The Labute approximate surface area is 134 Å². The maximum absolute atomic E-state index is 13.0. The average Bonchev–Trinajstić information content (AvgIpc) is 2.98. The molecule has 3 rings (SSSR count). The summed E-state index contributed by atoms with van der Waals surface area (Å²) in [5, 5.41) is 0. The molecule has 0 radical (unpaired) electrons. The molecule has 0 spiro atoms. The molecule has 0 bridgehead atoms. The van der Waals surface area contributed by atoms with Crippen molar-refractivity contribution in [1.29, 1.82) is 0 Å². The van der Waals surface area contributed by atoms with Gasteiger partial charge in [-0.15, -0.1) is 11.3 Å². The summed E-state index contributed by atoms with van der Waals surface area (Å²) in [6.45, 7) is 4.05. The number of aryl methyl sites for hydroxylation is 2. The van der Waals surface area contributed by atoms with Gasteiger partial charge in [0.25, 0.3) is 10.0 Å². The van der Waals surface area contributed by atoms with Gasteiger partial charge in [0.05, 0.1) is 5.69 Å². The first-order valence-corrected chi connectivity index (χ1v) is 9.45. The number of sulfonamides is 1. The fraction of sp³-hybridized carbons (Fsp3) is 0.312. The van der Waals surface area contributed by atoms with Crippen LogP contribution in [-0.2, 0) is 16.4 Å². The van der Waals surface area contributed by atoms with E-state index in [0.717, 1.165) is 16.9 Å². The van der Waals surface area contributed by atoms with Crippen molar-refractivity contribution < 1.29 is 13.2 Å².